The van der Waals surface area contributed by atoms with Crippen LogP contribution in [0.3, 0.4) is 0 Å². The summed E-state index contributed by atoms with van der Waals surface area (Å²) in [6.07, 6.45) is 5.58. The first-order chi connectivity index (χ1) is 15.2. The van der Waals surface area contributed by atoms with E-state index in [0.717, 1.165) is 24.2 Å². The number of fused-ring (bicyclic) bond motifs is 1. The zero-order chi connectivity index (χ0) is 21.5. The van der Waals surface area contributed by atoms with Crippen LogP contribution in [0.4, 0.5) is 4.79 Å². The molecule has 0 fully saturated rings. The van der Waals surface area contributed by atoms with Gasteiger partial charge in [-0.25, -0.2) is 9.48 Å². The second kappa shape index (κ2) is 9.93. The van der Waals surface area contributed by atoms with Gasteiger partial charge in [0.15, 0.2) is 0 Å². The Morgan fingerprint density at radius 1 is 1.00 bits per heavy atom. The average Bonchev–Trinajstić information content (AvgIpc) is 3.35. The van der Waals surface area contributed by atoms with Crippen molar-refractivity contribution < 1.29 is 9.59 Å². The maximum Gasteiger partial charge on any atom is 0.315 e. The molecule has 31 heavy (non-hydrogen) atoms. The maximum absolute atomic E-state index is 12.5. The molecular weight excluding hydrogens is 390 g/mol. The van der Waals surface area contributed by atoms with Gasteiger partial charge in [-0.3, -0.25) is 4.79 Å². The number of benzene rings is 2. The number of carbonyl (C=O) groups is 2. The van der Waals surface area contributed by atoms with Gasteiger partial charge in [-0.15, -0.1) is 0 Å². The number of hydrogen-bond acceptors (Lipinski definition) is 3. The zero-order valence-corrected chi connectivity index (χ0v) is 17.5. The van der Waals surface area contributed by atoms with Crippen LogP contribution in [0.5, 0.6) is 0 Å². The van der Waals surface area contributed by atoms with E-state index in [1.165, 1.54) is 11.1 Å². The van der Waals surface area contributed by atoms with Crippen molar-refractivity contribution in [2.24, 2.45) is 0 Å². The molecule has 1 aliphatic heterocycles. The third kappa shape index (κ3) is 5.51. The molecule has 0 atom stereocenters. The van der Waals surface area contributed by atoms with Crippen molar-refractivity contribution in [3.8, 4) is 5.69 Å². The number of rotatable bonds is 7. The van der Waals surface area contributed by atoms with E-state index in [1.54, 1.807) is 10.9 Å². The summed E-state index contributed by atoms with van der Waals surface area (Å²) < 4.78 is 1.78. The second-order valence-electron chi connectivity index (χ2n) is 7.67. The first-order valence-electron chi connectivity index (χ1n) is 10.6. The van der Waals surface area contributed by atoms with Crippen molar-refractivity contribution in [1.82, 2.24) is 25.3 Å². The van der Waals surface area contributed by atoms with Crippen molar-refractivity contribution >= 4 is 11.9 Å². The van der Waals surface area contributed by atoms with Gasteiger partial charge in [-0.05, 0) is 47.7 Å². The lowest BCUT2D eigenvalue weighted by Crippen LogP contribution is -2.37. The Labute approximate surface area is 182 Å². The second-order valence-corrected chi connectivity index (χ2v) is 7.67. The highest BCUT2D eigenvalue weighted by molar-refractivity contribution is 5.77. The number of hydrogen-bond donors (Lipinski definition) is 2. The number of urea groups is 1. The van der Waals surface area contributed by atoms with E-state index in [0.29, 0.717) is 32.5 Å². The monoisotopic (exact) mass is 417 g/mol. The van der Waals surface area contributed by atoms with Crippen molar-refractivity contribution in [1.29, 1.82) is 0 Å². The smallest absolute Gasteiger partial charge is 0.315 e. The van der Waals surface area contributed by atoms with E-state index in [-0.39, 0.29) is 11.9 Å². The summed E-state index contributed by atoms with van der Waals surface area (Å²) in [6.45, 7) is 2.34. The highest BCUT2D eigenvalue weighted by Crippen LogP contribution is 2.19. The van der Waals surface area contributed by atoms with Gasteiger partial charge in [-0.1, -0.05) is 36.4 Å². The fourth-order valence-corrected chi connectivity index (χ4v) is 3.78. The van der Waals surface area contributed by atoms with Crippen LogP contribution in [0.25, 0.3) is 5.69 Å². The summed E-state index contributed by atoms with van der Waals surface area (Å²) in [7, 11) is 0. The van der Waals surface area contributed by atoms with Crippen LogP contribution in [-0.2, 0) is 24.3 Å². The molecule has 7 nitrogen and oxygen atoms in total. The van der Waals surface area contributed by atoms with Crippen molar-refractivity contribution in [2.75, 3.05) is 13.1 Å². The summed E-state index contributed by atoms with van der Waals surface area (Å²) in [4.78, 5) is 26.5. The van der Waals surface area contributed by atoms with Gasteiger partial charge in [0.05, 0.1) is 5.69 Å². The molecule has 2 N–H and O–H groups in total. The molecule has 1 aromatic heterocycles. The van der Waals surface area contributed by atoms with Gasteiger partial charge in [0.25, 0.3) is 0 Å². The molecule has 1 aliphatic rings. The van der Waals surface area contributed by atoms with Crippen LogP contribution in [0.2, 0.25) is 0 Å². The third-order valence-electron chi connectivity index (χ3n) is 5.47. The van der Waals surface area contributed by atoms with E-state index >= 15 is 0 Å². The van der Waals surface area contributed by atoms with Crippen LogP contribution >= 0.6 is 0 Å². The van der Waals surface area contributed by atoms with Crippen LogP contribution in [0.15, 0.2) is 67.0 Å². The van der Waals surface area contributed by atoms with Gasteiger partial charge >= 0.3 is 6.03 Å². The van der Waals surface area contributed by atoms with Crippen LogP contribution in [-0.4, -0.2) is 39.7 Å². The topological polar surface area (TPSA) is 79.3 Å². The van der Waals surface area contributed by atoms with Crippen molar-refractivity contribution in [2.45, 2.75) is 32.4 Å². The first-order valence-corrected chi connectivity index (χ1v) is 10.6. The van der Waals surface area contributed by atoms with E-state index in [9.17, 15) is 9.59 Å². The van der Waals surface area contributed by atoms with Gasteiger partial charge < -0.3 is 15.5 Å². The number of nitrogens with one attached hydrogen (secondary N) is 2. The number of carbonyl (C=O) groups excluding carboxylic acids is 2. The highest BCUT2D eigenvalue weighted by Gasteiger charge is 2.19. The summed E-state index contributed by atoms with van der Waals surface area (Å²) in [5.41, 5.74) is 4.50. The Morgan fingerprint density at radius 3 is 2.71 bits per heavy atom. The minimum atomic E-state index is -0.233. The van der Waals surface area contributed by atoms with Gasteiger partial charge in [-0.2, -0.15) is 5.10 Å². The Bertz CT molecular complexity index is 1030. The Hall–Kier alpha value is -3.61. The molecule has 3 amide bonds. The Morgan fingerprint density at radius 2 is 1.87 bits per heavy atom. The lowest BCUT2D eigenvalue weighted by molar-refractivity contribution is -0.132. The number of aromatic nitrogens is 2. The Kier molecular flexibility index (Phi) is 6.62. The summed E-state index contributed by atoms with van der Waals surface area (Å²) >= 11 is 0. The van der Waals surface area contributed by atoms with Crippen LogP contribution in [0, 0.1) is 0 Å². The molecule has 0 bridgehead atoms. The predicted octanol–water partition coefficient (Wildman–Crippen LogP) is 3.04. The molecule has 3 aromatic rings. The molecule has 160 valence electrons. The molecule has 0 saturated carbocycles. The normalized spacial score (nSPS) is 12.8. The minimum absolute atomic E-state index is 0.146. The molecule has 0 saturated heterocycles. The van der Waals surface area contributed by atoms with Crippen LogP contribution < -0.4 is 10.6 Å². The predicted molar refractivity (Wildman–Crippen MR) is 119 cm³/mol. The first kappa shape index (κ1) is 20.7. The summed E-state index contributed by atoms with van der Waals surface area (Å²) in [5, 5.41) is 9.91. The maximum atomic E-state index is 12.5. The SMILES string of the molecule is O=C(NCCCC(=O)N1CCc2ccccc2C1)NCc1cccc(-n2cccn2)c1. The Balaban J connectivity index is 1.15. The van der Waals surface area contributed by atoms with Gasteiger partial charge in [0, 0.05) is 45.0 Å². The van der Waals surface area contributed by atoms with Crippen molar-refractivity contribution in [3.63, 3.8) is 0 Å². The molecular formula is C24H27N5O2. The van der Waals surface area contributed by atoms with E-state index in [4.69, 9.17) is 0 Å². The van der Waals surface area contributed by atoms with Crippen molar-refractivity contribution in [3.05, 3.63) is 83.7 Å². The highest BCUT2D eigenvalue weighted by atomic mass is 16.2. The summed E-state index contributed by atoms with van der Waals surface area (Å²) in [5.74, 6) is 0.146. The number of amides is 3. The lowest BCUT2D eigenvalue weighted by Gasteiger charge is -2.29. The quantitative estimate of drug-likeness (QED) is 0.580. The molecule has 0 spiro atoms. The number of nitrogens with zero attached hydrogens (tertiary/aromatic N) is 3. The standard InChI is InChI=1S/C24H27N5O2/c30-23(28-15-11-20-7-1-2-8-21(20)18-28)10-4-12-25-24(31)26-17-19-6-3-9-22(16-19)29-14-5-13-27-29/h1-3,5-9,13-14,16H,4,10-12,15,17-18H2,(H2,25,26,31). The minimum Gasteiger partial charge on any atom is -0.338 e. The third-order valence-corrected chi connectivity index (χ3v) is 5.47. The molecule has 0 aliphatic carbocycles. The molecule has 4 rings (SSSR count). The fourth-order valence-electron chi connectivity index (χ4n) is 3.78. The van der Waals surface area contributed by atoms with Gasteiger partial charge in [0.2, 0.25) is 5.91 Å². The molecule has 7 heteroatoms. The molecule has 2 heterocycles. The fraction of sp³-hybridized carbons (Fsp3) is 0.292. The lowest BCUT2D eigenvalue weighted by atomic mass is 9.99. The summed E-state index contributed by atoms with van der Waals surface area (Å²) in [6, 6.07) is 17.8. The van der Waals surface area contributed by atoms with Gasteiger partial charge in [0.1, 0.15) is 0 Å². The van der Waals surface area contributed by atoms with E-state index < -0.39 is 0 Å². The molecule has 0 unspecified atom stereocenters. The molecule has 2 aromatic carbocycles. The van der Waals surface area contributed by atoms with E-state index in [2.05, 4.69) is 27.9 Å². The molecule has 0 radical (unpaired) electrons. The average molecular weight is 418 g/mol. The largest absolute Gasteiger partial charge is 0.338 e. The van der Waals surface area contributed by atoms with E-state index in [1.807, 2.05) is 53.6 Å². The van der Waals surface area contributed by atoms with Crippen LogP contribution in [0.1, 0.15) is 29.5 Å². The zero-order valence-electron chi connectivity index (χ0n) is 17.5.